The van der Waals surface area contributed by atoms with Crippen LogP contribution in [0.5, 0.6) is 5.75 Å². The van der Waals surface area contributed by atoms with E-state index in [0.717, 1.165) is 24.4 Å². The van der Waals surface area contributed by atoms with Crippen LogP contribution in [0.15, 0.2) is 54.7 Å². The largest absolute Gasteiger partial charge is 0.491 e. The molecular formula is C21H24N2O. The van der Waals surface area contributed by atoms with E-state index in [2.05, 4.69) is 73.5 Å². The monoisotopic (exact) mass is 320 g/mol. The molecule has 2 aromatic carbocycles. The maximum absolute atomic E-state index is 5.95. The van der Waals surface area contributed by atoms with Crippen LogP contribution in [0.25, 0.3) is 10.9 Å². The van der Waals surface area contributed by atoms with Crippen molar-refractivity contribution in [2.75, 3.05) is 0 Å². The van der Waals surface area contributed by atoms with Gasteiger partial charge in [-0.15, -0.1) is 0 Å². The van der Waals surface area contributed by atoms with Crippen LogP contribution in [0, 0.1) is 6.92 Å². The Hall–Kier alpha value is -2.39. The van der Waals surface area contributed by atoms with Crippen molar-refractivity contribution in [3.63, 3.8) is 0 Å². The Bertz CT molecular complexity index is 822. The van der Waals surface area contributed by atoms with E-state index in [4.69, 9.17) is 4.74 Å². The lowest BCUT2D eigenvalue weighted by atomic mass is 10.1. The summed E-state index contributed by atoms with van der Waals surface area (Å²) in [5.41, 5.74) is 4.68. The standard InChI is InChI=1S/C21H24N2O/c1-15(2)24-20-12-16(3)9-10-18(20)13-22-14-19-7-4-6-17-8-5-11-23-21(17)19/h4-12,15,22H,13-14H2,1-3H3. The summed E-state index contributed by atoms with van der Waals surface area (Å²) in [5.74, 6) is 0.966. The van der Waals surface area contributed by atoms with E-state index in [1.165, 1.54) is 22.1 Å². The maximum Gasteiger partial charge on any atom is 0.124 e. The SMILES string of the molecule is Cc1ccc(CNCc2cccc3cccnc23)c(OC(C)C)c1. The molecule has 0 aliphatic carbocycles. The molecule has 0 saturated heterocycles. The number of benzene rings is 2. The first kappa shape index (κ1) is 16.5. The van der Waals surface area contributed by atoms with E-state index < -0.39 is 0 Å². The normalized spacial score (nSPS) is 11.2. The summed E-state index contributed by atoms with van der Waals surface area (Å²) in [4.78, 5) is 4.51. The minimum Gasteiger partial charge on any atom is -0.491 e. The van der Waals surface area contributed by atoms with Gasteiger partial charge in [0.15, 0.2) is 0 Å². The van der Waals surface area contributed by atoms with Crippen LogP contribution in [0.3, 0.4) is 0 Å². The summed E-state index contributed by atoms with van der Waals surface area (Å²) in [5, 5.41) is 4.70. The summed E-state index contributed by atoms with van der Waals surface area (Å²) >= 11 is 0. The quantitative estimate of drug-likeness (QED) is 0.719. The van der Waals surface area contributed by atoms with Gasteiger partial charge >= 0.3 is 0 Å². The molecule has 0 fully saturated rings. The van der Waals surface area contributed by atoms with Gasteiger partial charge < -0.3 is 10.1 Å². The highest BCUT2D eigenvalue weighted by molar-refractivity contribution is 5.81. The van der Waals surface area contributed by atoms with Crippen molar-refractivity contribution < 1.29 is 4.74 Å². The first-order chi connectivity index (χ1) is 11.6. The van der Waals surface area contributed by atoms with Crippen LogP contribution < -0.4 is 10.1 Å². The molecule has 1 heterocycles. The zero-order chi connectivity index (χ0) is 16.9. The smallest absolute Gasteiger partial charge is 0.124 e. The fourth-order valence-electron chi connectivity index (χ4n) is 2.81. The Balaban J connectivity index is 1.72. The second-order valence-electron chi connectivity index (χ2n) is 6.37. The molecule has 0 spiro atoms. The third kappa shape index (κ3) is 3.92. The first-order valence-corrected chi connectivity index (χ1v) is 8.43. The molecule has 3 heteroatoms. The van der Waals surface area contributed by atoms with E-state index >= 15 is 0 Å². The topological polar surface area (TPSA) is 34.2 Å². The van der Waals surface area contributed by atoms with Crippen LogP contribution in [0.2, 0.25) is 0 Å². The van der Waals surface area contributed by atoms with Gasteiger partial charge in [0.2, 0.25) is 0 Å². The molecule has 3 aromatic rings. The minimum atomic E-state index is 0.174. The van der Waals surface area contributed by atoms with Crippen molar-refractivity contribution >= 4 is 10.9 Å². The number of pyridine rings is 1. The average molecular weight is 320 g/mol. The van der Waals surface area contributed by atoms with Gasteiger partial charge in [-0.25, -0.2) is 0 Å². The summed E-state index contributed by atoms with van der Waals surface area (Å²) in [6.07, 6.45) is 2.02. The van der Waals surface area contributed by atoms with Crippen LogP contribution in [-0.2, 0) is 13.1 Å². The van der Waals surface area contributed by atoms with Crippen LogP contribution in [0.4, 0.5) is 0 Å². The summed E-state index contributed by atoms with van der Waals surface area (Å²) in [6, 6.07) is 16.8. The van der Waals surface area contributed by atoms with Crippen LogP contribution in [0.1, 0.15) is 30.5 Å². The van der Waals surface area contributed by atoms with Gasteiger partial charge in [0, 0.05) is 30.2 Å². The predicted molar refractivity (Wildman–Crippen MR) is 99.2 cm³/mol. The van der Waals surface area contributed by atoms with E-state index in [1.54, 1.807) is 0 Å². The van der Waals surface area contributed by atoms with Crippen molar-refractivity contribution in [1.82, 2.24) is 10.3 Å². The number of nitrogens with one attached hydrogen (secondary N) is 1. The van der Waals surface area contributed by atoms with Crippen LogP contribution in [-0.4, -0.2) is 11.1 Å². The summed E-state index contributed by atoms with van der Waals surface area (Å²) < 4.78 is 5.95. The van der Waals surface area contributed by atoms with E-state index in [-0.39, 0.29) is 6.10 Å². The number of hydrogen-bond donors (Lipinski definition) is 1. The van der Waals surface area contributed by atoms with Gasteiger partial charge in [-0.1, -0.05) is 36.4 Å². The zero-order valence-corrected chi connectivity index (χ0v) is 14.5. The molecule has 124 valence electrons. The third-order valence-electron chi connectivity index (χ3n) is 3.93. The molecular weight excluding hydrogens is 296 g/mol. The molecule has 0 unspecified atom stereocenters. The van der Waals surface area contributed by atoms with Crippen molar-refractivity contribution in [2.24, 2.45) is 0 Å². The second-order valence-corrected chi connectivity index (χ2v) is 6.37. The van der Waals surface area contributed by atoms with Crippen molar-refractivity contribution in [3.05, 3.63) is 71.4 Å². The molecule has 1 N–H and O–H groups in total. The molecule has 3 rings (SSSR count). The van der Waals surface area contributed by atoms with E-state index in [0.29, 0.717) is 0 Å². The minimum absolute atomic E-state index is 0.174. The van der Waals surface area contributed by atoms with Gasteiger partial charge in [-0.3, -0.25) is 4.98 Å². The molecule has 0 aliphatic heterocycles. The highest BCUT2D eigenvalue weighted by Crippen LogP contribution is 2.22. The highest BCUT2D eigenvalue weighted by atomic mass is 16.5. The third-order valence-corrected chi connectivity index (χ3v) is 3.93. The van der Waals surface area contributed by atoms with Gasteiger partial charge in [0.05, 0.1) is 11.6 Å². The average Bonchev–Trinajstić information content (AvgIpc) is 2.56. The molecule has 0 aliphatic rings. The maximum atomic E-state index is 5.95. The number of aromatic nitrogens is 1. The highest BCUT2D eigenvalue weighted by Gasteiger charge is 2.07. The number of ether oxygens (including phenoxy) is 1. The number of para-hydroxylation sites is 1. The number of aryl methyl sites for hydroxylation is 1. The molecule has 0 radical (unpaired) electrons. The number of nitrogens with zero attached hydrogens (tertiary/aromatic N) is 1. The van der Waals surface area contributed by atoms with Crippen LogP contribution >= 0.6 is 0 Å². The summed E-state index contributed by atoms with van der Waals surface area (Å²) in [7, 11) is 0. The molecule has 24 heavy (non-hydrogen) atoms. The lowest BCUT2D eigenvalue weighted by Gasteiger charge is -2.16. The molecule has 3 nitrogen and oxygen atoms in total. The Kier molecular flexibility index (Phi) is 5.11. The lowest BCUT2D eigenvalue weighted by molar-refractivity contribution is 0.239. The Morgan fingerprint density at radius 1 is 1.00 bits per heavy atom. The molecule has 0 amide bonds. The molecule has 0 bridgehead atoms. The number of hydrogen-bond acceptors (Lipinski definition) is 3. The fraction of sp³-hybridized carbons (Fsp3) is 0.286. The number of rotatable bonds is 6. The van der Waals surface area contributed by atoms with Gasteiger partial charge in [-0.05, 0) is 44.0 Å². The van der Waals surface area contributed by atoms with Gasteiger partial charge in [0.1, 0.15) is 5.75 Å². The number of fused-ring (bicyclic) bond motifs is 1. The Labute approximate surface area is 143 Å². The van der Waals surface area contributed by atoms with Crippen molar-refractivity contribution in [3.8, 4) is 5.75 Å². The summed E-state index contributed by atoms with van der Waals surface area (Å²) in [6.45, 7) is 7.75. The Morgan fingerprint density at radius 3 is 2.62 bits per heavy atom. The second kappa shape index (κ2) is 7.45. The predicted octanol–water partition coefficient (Wildman–Crippen LogP) is 4.62. The molecule has 0 saturated carbocycles. The van der Waals surface area contributed by atoms with Gasteiger partial charge in [0.25, 0.3) is 0 Å². The van der Waals surface area contributed by atoms with E-state index in [1.807, 2.05) is 12.3 Å². The molecule has 0 atom stereocenters. The van der Waals surface area contributed by atoms with Crippen molar-refractivity contribution in [2.45, 2.75) is 40.0 Å². The molecule has 1 aromatic heterocycles. The van der Waals surface area contributed by atoms with E-state index in [9.17, 15) is 0 Å². The fourth-order valence-corrected chi connectivity index (χ4v) is 2.81. The lowest BCUT2D eigenvalue weighted by Crippen LogP contribution is -2.15. The first-order valence-electron chi connectivity index (χ1n) is 8.43. The zero-order valence-electron chi connectivity index (χ0n) is 14.5. The van der Waals surface area contributed by atoms with Gasteiger partial charge in [-0.2, -0.15) is 0 Å². The Morgan fingerprint density at radius 2 is 1.79 bits per heavy atom. The van der Waals surface area contributed by atoms with Crippen molar-refractivity contribution in [1.29, 1.82) is 0 Å².